The van der Waals surface area contributed by atoms with E-state index in [9.17, 15) is 13.2 Å². The van der Waals surface area contributed by atoms with Gasteiger partial charge in [0.1, 0.15) is 0 Å². The lowest BCUT2D eigenvalue weighted by Crippen LogP contribution is -2.47. The van der Waals surface area contributed by atoms with Crippen LogP contribution < -0.4 is 5.32 Å². The standard InChI is InChI=1S/C19H21Cl2N3O3S/c1-23-8-10-24(11-9-23)28(26,27)16-5-2-14(3-6-16)13-22-19(25)15-4-7-17(20)18(21)12-15/h2-7,12H,8-11,13H2,1H3,(H,22,25). The molecule has 1 N–H and O–H groups in total. The molecule has 0 aliphatic carbocycles. The molecule has 0 spiro atoms. The smallest absolute Gasteiger partial charge is 0.251 e. The molecule has 1 amide bonds. The van der Waals surface area contributed by atoms with E-state index in [2.05, 4.69) is 10.2 Å². The number of rotatable bonds is 5. The predicted octanol–water partition coefficient (Wildman–Crippen LogP) is 2.86. The maximum Gasteiger partial charge on any atom is 0.251 e. The zero-order valence-corrected chi connectivity index (χ0v) is 17.7. The Morgan fingerprint density at radius 3 is 2.25 bits per heavy atom. The number of piperazine rings is 1. The van der Waals surface area contributed by atoms with Gasteiger partial charge in [0.25, 0.3) is 5.91 Å². The largest absolute Gasteiger partial charge is 0.348 e. The summed E-state index contributed by atoms with van der Waals surface area (Å²) >= 11 is 11.8. The van der Waals surface area contributed by atoms with Crippen molar-refractivity contribution in [3.05, 3.63) is 63.6 Å². The van der Waals surface area contributed by atoms with Crippen molar-refractivity contribution in [2.24, 2.45) is 0 Å². The summed E-state index contributed by atoms with van der Waals surface area (Å²) in [5.41, 5.74) is 1.20. The number of hydrogen-bond acceptors (Lipinski definition) is 4. The number of likely N-dealkylation sites (N-methyl/N-ethyl adjacent to an activating group) is 1. The van der Waals surface area contributed by atoms with Crippen molar-refractivity contribution >= 4 is 39.1 Å². The SMILES string of the molecule is CN1CCN(S(=O)(=O)c2ccc(CNC(=O)c3ccc(Cl)c(Cl)c3)cc2)CC1. The van der Waals surface area contributed by atoms with Crippen LogP contribution in [-0.4, -0.2) is 56.8 Å². The zero-order chi connectivity index (χ0) is 20.3. The number of carbonyl (C=O) groups is 1. The summed E-state index contributed by atoms with van der Waals surface area (Å²) in [5.74, 6) is -0.285. The molecule has 1 aliphatic rings. The molecule has 2 aromatic rings. The van der Waals surface area contributed by atoms with Gasteiger partial charge in [-0.25, -0.2) is 8.42 Å². The van der Waals surface area contributed by atoms with Gasteiger partial charge in [-0.05, 0) is 42.9 Å². The second-order valence-corrected chi connectivity index (χ2v) is 9.42. The summed E-state index contributed by atoms with van der Waals surface area (Å²) in [7, 11) is -1.52. The zero-order valence-electron chi connectivity index (χ0n) is 15.4. The normalized spacial score (nSPS) is 16.1. The summed E-state index contributed by atoms with van der Waals surface area (Å²) in [5, 5.41) is 3.48. The van der Waals surface area contributed by atoms with Crippen LogP contribution in [0.3, 0.4) is 0 Å². The summed E-state index contributed by atoms with van der Waals surface area (Å²) in [6.45, 7) is 2.69. The predicted molar refractivity (Wildman–Crippen MR) is 110 cm³/mol. The van der Waals surface area contributed by atoms with Crippen molar-refractivity contribution in [1.82, 2.24) is 14.5 Å². The molecule has 1 aliphatic heterocycles. The fourth-order valence-electron chi connectivity index (χ4n) is 2.88. The number of carbonyl (C=O) groups excluding carboxylic acids is 1. The summed E-state index contributed by atoms with van der Waals surface area (Å²) in [6, 6.07) is 11.2. The van der Waals surface area contributed by atoms with Crippen LogP contribution in [0.2, 0.25) is 10.0 Å². The van der Waals surface area contributed by atoms with E-state index < -0.39 is 10.0 Å². The first-order chi connectivity index (χ1) is 13.3. The molecule has 6 nitrogen and oxygen atoms in total. The molecule has 0 radical (unpaired) electrons. The fourth-order valence-corrected chi connectivity index (χ4v) is 4.60. The number of nitrogens with one attached hydrogen (secondary N) is 1. The summed E-state index contributed by atoms with van der Waals surface area (Å²) in [4.78, 5) is 14.6. The molecule has 9 heteroatoms. The van der Waals surface area contributed by atoms with Crippen molar-refractivity contribution in [2.75, 3.05) is 33.2 Å². The van der Waals surface area contributed by atoms with Crippen LogP contribution in [0.4, 0.5) is 0 Å². The van der Waals surface area contributed by atoms with E-state index in [1.807, 2.05) is 7.05 Å². The van der Waals surface area contributed by atoms with Crippen molar-refractivity contribution in [2.45, 2.75) is 11.4 Å². The van der Waals surface area contributed by atoms with Crippen LogP contribution >= 0.6 is 23.2 Å². The lowest BCUT2D eigenvalue weighted by Gasteiger charge is -2.31. The van der Waals surface area contributed by atoms with E-state index in [0.717, 1.165) is 18.7 Å². The second-order valence-electron chi connectivity index (χ2n) is 6.66. The number of halogens is 2. The van der Waals surface area contributed by atoms with Crippen molar-refractivity contribution < 1.29 is 13.2 Å². The second kappa shape index (κ2) is 8.80. The third-order valence-electron chi connectivity index (χ3n) is 4.66. The Hall–Kier alpha value is -1.64. The quantitative estimate of drug-likeness (QED) is 0.774. The number of nitrogens with zero attached hydrogens (tertiary/aromatic N) is 2. The van der Waals surface area contributed by atoms with Gasteiger partial charge in [-0.2, -0.15) is 4.31 Å². The molecule has 3 rings (SSSR count). The summed E-state index contributed by atoms with van der Waals surface area (Å²) < 4.78 is 27.0. The Balaban J connectivity index is 1.62. The molecule has 28 heavy (non-hydrogen) atoms. The van der Waals surface area contributed by atoms with E-state index >= 15 is 0 Å². The van der Waals surface area contributed by atoms with Gasteiger partial charge in [-0.1, -0.05) is 35.3 Å². The minimum Gasteiger partial charge on any atom is -0.348 e. The number of hydrogen-bond donors (Lipinski definition) is 1. The molecule has 0 atom stereocenters. The monoisotopic (exact) mass is 441 g/mol. The van der Waals surface area contributed by atoms with Crippen molar-refractivity contribution in [3.63, 3.8) is 0 Å². The van der Waals surface area contributed by atoms with Crippen molar-refractivity contribution in [1.29, 1.82) is 0 Å². The van der Waals surface area contributed by atoms with Crippen LogP contribution in [0.25, 0.3) is 0 Å². The highest BCUT2D eigenvalue weighted by Crippen LogP contribution is 2.22. The first kappa shape index (κ1) is 21.1. The van der Waals surface area contributed by atoms with E-state index in [-0.39, 0.29) is 17.3 Å². The molecule has 1 heterocycles. The van der Waals surface area contributed by atoms with Gasteiger partial charge in [0.2, 0.25) is 10.0 Å². The Bertz CT molecular complexity index is 957. The number of benzene rings is 2. The van der Waals surface area contributed by atoms with E-state index in [1.165, 1.54) is 10.4 Å². The van der Waals surface area contributed by atoms with Gasteiger partial charge in [0, 0.05) is 38.3 Å². The maximum atomic E-state index is 12.7. The molecular formula is C19H21Cl2N3O3S. The molecule has 1 fully saturated rings. The Labute approximate surface area is 175 Å². The van der Waals surface area contributed by atoms with Crippen molar-refractivity contribution in [3.8, 4) is 0 Å². The highest BCUT2D eigenvalue weighted by molar-refractivity contribution is 7.89. The number of amides is 1. The Morgan fingerprint density at radius 2 is 1.64 bits per heavy atom. The first-order valence-electron chi connectivity index (χ1n) is 8.78. The maximum absolute atomic E-state index is 12.7. The average Bonchev–Trinajstić information content (AvgIpc) is 2.69. The van der Waals surface area contributed by atoms with Gasteiger partial charge in [-0.3, -0.25) is 4.79 Å². The van der Waals surface area contributed by atoms with Crippen LogP contribution in [0.1, 0.15) is 15.9 Å². The van der Waals surface area contributed by atoms with Gasteiger partial charge < -0.3 is 10.2 Å². The molecule has 0 unspecified atom stereocenters. The fraction of sp³-hybridized carbons (Fsp3) is 0.316. The van der Waals surface area contributed by atoms with E-state index in [4.69, 9.17) is 23.2 Å². The minimum atomic E-state index is -3.49. The molecule has 150 valence electrons. The molecular weight excluding hydrogens is 421 g/mol. The highest BCUT2D eigenvalue weighted by Gasteiger charge is 2.27. The molecule has 1 saturated heterocycles. The number of sulfonamides is 1. The average molecular weight is 442 g/mol. The van der Waals surface area contributed by atoms with Gasteiger partial charge in [-0.15, -0.1) is 0 Å². The topological polar surface area (TPSA) is 69.7 Å². The van der Waals surface area contributed by atoms with Gasteiger partial charge in [0.05, 0.1) is 14.9 Å². The van der Waals surface area contributed by atoms with Crippen LogP contribution in [0.5, 0.6) is 0 Å². The molecule has 0 aromatic heterocycles. The molecule has 0 bridgehead atoms. The third-order valence-corrected chi connectivity index (χ3v) is 7.31. The molecule has 0 saturated carbocycles. The summed E-state index contributed by atoms with van der Waals surface area (Å²) in [6.07, 6.45) is 0. The minimum absolute atomic E-state index is 0.261. The van der Waals surface area contributed by atoms with Gasteiger partial charge in [0.15, 0.2) is 0 Å². The van der Waals surface area contributed by atoms with E-state index in [0.29, 0.717) is 28.7 Å². The highest BCUT2D eigenvalue weighted by atomic mass is 35.5. The lowest BCUT2D eigenvalue weighted by molar-refractivity contribution is 0.0951. The van der Waals surface area contributed by atoms with Gasteiger partial charge >= 0.3 is 0 Å². The first-order valence-corrected chi connectivity index (χ1v) is 11.0. The lowest BCUT2D eigenvalue weighted by atomic mass is 10.2. The van der Waals surface area contributed by atoms with Crippen LogP contribution in [-0.2, 0) is 16.6 Å². The molecule has 2 aromatic carbocycles. The van der Waals surface area contributed by atoms with Crippen LogP contribution in [0, 0.1) is 0 Å². The van der Waals surface area contributed by atoms with Crippen LogP contribution in [0.15, 0.2) is 47.4 Å². The Morgan fingerprint density at radius 1 is 1.00 bits per heavy atom. The Kier molecular flexibility index (Phi) is 6.62. The van der Waals surface area contributed by atoms with E-state index in [1.54, 1.807) is 36.4 Å². The third kappa shape index (κ3) is 4.85.